The van der Waals surface area contributed by atoms with E-state index in [0.29, 0.717) is 11.9 Å². The Morgan fingerprint density at radius 1 is 1.21 bits per heavy atom. The van der Waals surface area contributed by atoms with Gasteiger partial charge in [-0.3, -0.25) is 14.7 Å². The van der Waals surface area contributed by atoms with Crippen LogP contribution in [0.4, 0.5) is 0 Å². The monoisotopic (exact) mass is 337 g/mol. The molecule has 1 amide bonds. The van der Waals surface area contributed by atoms with E-state index in [1.54, 1.807) is 0 Å². The van der Waals surface area contributed by atoms with E-state index in [9.17, 15) is 4.79 Å². The van der Waals surface area contributed by atoms with Crippen LogP contribution < -0.4 is 10.6 Å². The predicted molar refractivity (Wildman–Crippen MR) is 99.3 cm³/mol. The van der Waals surface area contributed by atoms with Crippen molar-refractivity contribution in [3.63, 3.8) is 0 Å². The molecule has 0 aromatic carbocycles. The largest absolute Gasteiger partial charge is 0.357 e. The molecule has 0 aromatic rings. The lowest BCUT2D eigenvalue weighted by molar-refractivity contribution is -0.127. The van der Waals surface area contributed by atoms with Gasteiger partial charge in [0.25, 0.3) is 0 Å². The molecule has 6 nitrogen and oxygen atoms in total. The molecule has 24 heavy (non-hydrogen) atoms. The molecular weight excluding hydrogens is 302 g/mol. The van der Waals surface area contributed by atoms with Crippen molar-refractivity contribution < 1.29 is 4.79 Å². The smallest absolute Gasteiger partial charge is 0.222 e. The summed E-state index contributed by atoms with van der Waals surface area (Å²) in [6.45, 7) is 11.1. The fraction of sp³-hybridized carbons (Fsp3) is 0.889. The van der Waals surface area contributed by atoms with Crippen LogP contribution in [0, 0.1) is 0 Å². The number of guanidine groups is 1. The Labute approximate surface area is 147 Å². The predicted octanol–water partition coefficient (Wildman–Crippen LogP) is 1.43. The molecule has 2 aliphatic heterocycles. The molecule has 0 aliphatic carbocycles. The zero-order chi connectivity index (χ0) is 17.2. The van der Waals surface area contributed by atoms with E-state index in [4.69, 9.17) is 4.99 Å². The summed E-state index contributed by atoms with van der Waals surface area (Å²) in [6.07, 6.45) is 6.62. The van der Waals surface area contributed by atoms with Crippen molar-refractivity contribution in [2.45, 2.75) is 58.4 Å². The Balaban J connectivity index is 1.72. The standard InChI is InChI=1S/C18H35N5O/c1-3-19-18(20-11-8-14-23-13-7-10-17(23)24)21-15-16-9-5-6-12-22(16)4-2/h16H,3-15H2,1-2H3,(H2,19,20,21). The first kappa shape index (κ1) is 19.0. The van der Waals surface area contributed by atoms with Crippen molar-refractivity contribution in [1.82, 2.24) is 20.4 Å². The van der Waals surface area contributed by atoms with Crippen LogP contribution in [-0.4, -0.2) is 73.5 Å². The minimum Gasteiger partial charge on any atom is -0.357 e. The van der Waals surface area contributed by atoms with Crippen molar-refractivity contribution in [3.05, 3.63) is 0 Å². The Bertz CT molecular complexity index is 412. The van der Waals surface area contributed by atoms with E-state index >= 15 is 0 Å². The Hall–Kier alpha value is -1.30. The fourth-order valence-corrected chi connectivity index (χ4v) is 3.64. The van der Waals surface area contributed by atoms with E-state index in [1.165, 1.54) is 25.8 Å². The molecule has 6 heteroatoms. The lowest BCUT2D eigenvalue weighted by atomic mass is 10.0. The number of likely N-dealkylation sites (N-methyl/N-ethyl adjacent to an activating group) is 1. The quantitative estimate of drug-likeness (QED) is 0.400. The van der Waals surface area contributed by atoms with Crippen LogP contribution in [0.15, 0.2) is 4.99 Å². The van der Waals surface area contributed by atoms with Crippen LogP contribution in [0.5, 0.6) is 0 Å². The highest BCUT2D eigenvalue weighted by Gasteiger charge is 2.21. The zero-order valence-corrected chi connectivity index (χ0v) is 15.5. The number of hydrogen-bond donors (Lipinski definition) is 2. The fourth-order valence-electron chi connectivity index (χ4n) is 3.64. The highest BCUT2D eigenvalue weighted by molar-refractivity contribution is 5.79. The van der Waals surface area contributed by atoms with E-state index in [-0.39, 0.29) is 0 Å². The van der Waals surface area contributed by atoms with Gasteiger partial charge in [0.1, 0.15) is 0 Å². The third-order valence-corrected chi connectivity index (χ3v) is 5.03. The summed E-state index contributed by atoms with van der Waals surface area (Å²) in [5, 5.41) is 6.75. The minimum absolute atomic E-state index is 0.313. The molecule has 0 saturated carbocycles. The Morgan fingerprint density at radius 2 is 2.08 bits per heavy atom. The average Bonchev–Trinajstić information content (AvgIpc) is 3.01. The summed E-state index contributed by atoms with van der Waals surface area (Å²) in [7, 11) is 0. The maximum Gasteiger partial charge on any atom is 0.222 e. The highest BCUT2D eigenvalue weighted by atomic mass is 16.2. The SMILES string of the molecule is CCNC(=NCC1CCCCN1CC)NCCCN1CCCC1=O. The van der Waals surface area contributed by atoms with Gasteiger partial charge in [-0.1, -0.05) is 13.3 Å². The molecule has 2 aliphatic rings. The van der Waals surface area contributed by atoms with Crippen molar-refractivity contribution in [2.75, 3.05) is 45.8 Å². The van der Waals surface area contributed by atoms with Gasteiger partial charge < -0.3 is 15.5 Å². The molecule has 2 rings (SSSR count). The van der Waals surface area contributed by atoms with Crippen LogP contribution in [0.2, 0.25) is 0 Å². The van der Waals surface area contributed by atoms with E-state index < -0.39 is 0 Å². The summed E-state index contributed by atoms with van der Waals surface area (Å²) < 4.78 is 0. The van der Waals surface area contributed by atoms with Crippen LogP contribution >= 0.6 is 0 Å². The molecule has 0 bridgehead atoms. The number of aliphatic imine (C=N–C) groups is 1. The van der Waals surface area contributed by atoms with Gasteiger partial charge in [-0.2, -0.15) is 0 Å². The lowest BCUT2D eigenvalue weighted by Crippen LogP contribution is -2.43. The van der Waals surface area contributed by atoms with Gasteiger partial charge >= 0.3 is 0 Å². The molecule has 0 aromatic heterocycles. The van der Waals surface area contributed by atoms with Gasteiger partial charge in [-0.25, -0.2) is 0 Å². The van der Waals surface area contributed by atoms with Crippen LogP contribution in [0.25, 0.3) is 0 Å². The van der Waals surface area contributed by atoms with E-state index in [1.807, 2.05) is 4.90 Å². The van der Waals surface area contributed by atoms with Gasteiger partial charge in [-0.15, -0.1) is 0 Å². The highest BCUT2D eigenvalue weighted by Crippen LogP contribution is 2.16. The number of carbonyl (C=O) groups excluding carboxylic acids is 1. The zero-order valence-electron chi connectivity index (χ0n) is 15.5. The summed E-state index contributed by atoms with van der Waals surface area (Å²) in [6, 6.07) is 0.585. The van der Waals surface area contributed by atoms with E-state index in [2.05, 4.69) is 29.4 Å². The number of likely N-dealkylation sites (tertiary alicyclic amines) is 2. The molecule has 2 heterocycles. The maximum atomic E-state index is 11.6. The van der Waals surface area contributed by atoms with Crippen molar-refractivity contribution >= 4 is 11.9 Å². The molecule has 0 spiro atoms. The Kier molecular flexibility index (Phi) is 8.36. The van der Waals surface area contributed by atoms with Crippen LogP contribution in [-0.2, 0) is 4.79 Å². The second-order valence-electron chi connectivity index (χ2n) is 6.76. The first-order valence-corrected chi connectivity index (χ1v) is 9.78. The molecule has 2 saturated heterocycles. The second kappa shape index (κ2) is 10.5. The van der Waals surface area contributed by atoms with Gasteiger partial charge in [-0.05, 0) is 45.7 Å². The number of hydrogen-bond acceptors (Lipinski definition) is 3. The summed E-state index contributed by atoms with van der Waals surface area (Å²) >= 11 is 0. The number of carbonyl (C=O) groups is 1. The van der Waals surface area contributed by atoms with Crippen molar-refractivity contribution in [2.24, 2.45) is 4.99 Å². The molecule has 0 radical (unpaired) electrons. The second-order valence-corrected chi connectivity index (χ2v) is 6.76. The number of nitrogens with one attached hydrogen (secondary N) is 2. The third kappa shape index (κ3) is 5.96. The lowest BCUT2D eigenvalue weighted by Gasteiger charge is -2.34. The van der Waals surface area contributed by atoms with Gasteiger partial charge in [0.15, 0.2) is 5.96 Å². The summed E-state index contributed by atoms with van der Waals surface area (Å²) in [5.74, 6) is 1.22. The number of rotatable bonds is 8. The normalized spacial score (nSPS) is 22.9. The van der Waals surface area contributed by atoms with Crippen LogP contribution in [0.1, 0.15) is 52.4 Å². The molecule has 2 fully saturated rings. The molecule has 1 unspecified atom stereocenters. The van der Waals surface area contributed by atoms with Crippen molar-refractivity contribution in [1.29, 1.82) is 0 Å². The first-order valence-electron chi connectivity index (χ1n) is 9.78. The topological polar surface area (TPSA) is 60.0 Å². The van der Waals surface area contributed by atoms with Gasteiger partial charge in [0.2, 0.25) is 5.91 Å². The maximum absolute atomic E-state index is 11.6. The van der Waals surface area contributed by atoms with Gasteiger partial charge in [0.05, 0.1) is 6.54 Å². The number of amides is 1. The molecule has 1 atom stereocenters. The third-order valence-electron chi connectivity index (χ3n) is 5.03. The molecule has 138 valence electrons. The first-order chi connectivity index (χ1) is 11.7. The van der Waals surface area contributed by atoms with Crippen molar-refractivity contribution in [3.8, 4) is 0 Å². The number of piperidine rings is 1. The Morgan fingerprint density at radius 3 is 2.79 bits per heavy atom. The number of nitrogens with zero attached hydrogens (tertiary/aromatic N) is 3. The van der Waals surface area contributed by atoms with Crippen LogP contribution in [0.3, 0.4) is 0 Å². The molecule has 2 N–H and O–H groups in total. The minimum atomic E-state index is 0.313. The summed E-state index contributed by atoms with van der Waals surface area (Å²) in [4.78, 5) is 20.9. The van der Waals surface area contributed by atoms with Gasteiger partial charge in [0, 0.05) is 38.6 Å². The molecular formula is C18H35N5O. The summed E-state index contributed by atoms with van der Waals surface area (Å²) in [5.41, 5.74) is 0. The average molecular weight is 338 g/mol. The van der Waals surface area contributed by atoms with E-state index in [0.717, 1.165) is 64.5 Å².